The van der Waals surface area contributed by atoms with E-state index in [0.29, 0.717) is 31.4 Å². The Morgan fingerprint density at radius 1 is 1.19 bits per heavy atom. The summed E-state index contributed by atoms with van der Waals surface area (Å²) in [6, 6.07) is 4.58. The molecule has 0 atom stereocenters. The van der Waals surface area contributed by atoms with Crippen LogP contribution in [0.3, 0.4) is 0 Å². The molecule has 1 rings (SSSR count). The fourth-order valence-electron chi connectivity index (χ4n) is 1.70. The van der Waals surface area contributed by atoms with Gasteiger partial charge >= 0.3 is 0 Å². The van der Waals surface area contributed by atoms with E-state index in [4.69, 9.17) is 10.00 Å². The Kier molecular flexibility index (Phi) is 6.57. The van der Waals surface area contributed by atoms with Crippen LogP contribution in [0.15, 0.2) is 12.1 Å². The van der Waals surface area contributed by atoms with Crippen LogP contribution in [-0.4, -0.2) is 12.1 Å². The summed E-state index contributed by atoms with van der Waals surface area (Å²) >= 11 is 0. The van der Waals surface area contributed by atoms with Crippen molar-refractivity contribution < 1.29 is 13.5 Å². The Balaban J connectivity index is 2.61. The highest BCUT2D eigenvalue weighted by Gasteiger charge is 2.14. The third kappa shape index (κ3) is 6.54. The normalized spacial score (nSPS) is 11.2. The highest BCUT2D eigenvalue weighted by molar-refractivity contribution is 5.31. The van der Waals surface area contributed by atoms with Crippen molar-refractivity contribution >= 4 is 0 Å². The number of rotatable bonds is 7. The van der Waals surface area contributed by atoms with E-state index >= 15 is 0 Å². The van der Waals surface area contributed by atoms with E-state index in [1.165, 1.54) is 12.1 Å². The minimum Gasteiger partial charge on any atom is -0.488 e. The number of benzene rings is 1. The van der Waals surface area contributed by atoms with E-state index in [1.54, 1.807) is 0 Å². The molecule has 3 nitrogen and oxygen atoms in total. The third-order valence-electron chi connectivity index (χ3n) is 2.81. The number of nitrogens with one attached hydrogen (secondary N) is 1. The van der Waals surface area contributed by atoms with E-state index in [9.17, 15) is 8.78 Å². The van der Waals surface area contributed by atoms with Gasteiger partial charge in [0, 0.05) is 18.5 Å². The van der Waals surface area contributed by atoms with Gasteiger partial charge in [-0.3, -0.25) is 0 Å². The van der Waals surface area contributed by atoms with Crippen molar-refractivity contribution in [1.29, 1.82) is 5.26 Å². The molecule has 0 saturated heterocycles. The molecule has 0 bridgehead atoms. The van der Waals surface area contributed by atoms with Gasteiger partial charge in [-0.05, 0) is 51.3 Å². The van der Waals surface area contributed by atoms with Crippen molar-refractivity contribution in [3.8, 4) is 11.8 Å². The summed E-state index contributed by atoms with van der Waals surface area (Å²) in [6.07, 6.45) is 1.68. The summed E-state index contributed by atoms with van der Waals surface area (Å²) in [5, 5.41) is 11.6. The molecule has 1 aromatic carbocycles. The molecule has 1 N–H and O–H groups in total. The fourth-order valence-corrected chi connectivity index (χ4v) is 1.70. The smallest absolute Gasteiger partial charge is 0.190 e. The zero-order valence-electron chi connectivity index (χ0n) is 12.8. The Bertz CT molecular complexity index is 481. The second-order valence-electron chi connectivity index (χ2n) is 5.96. The second kappa shape index (κ2) is 7.94. The first-order chi connectivity index (χ1) is 9.83. The molecule has 1 aromatic rings. The van der Waals surface area contributed by atoms with Gasteiger partial charge in [0.05, 0.1) is 12.7 Å². The molecule has 116 valence electrons. The highest BCUT2D eigenvalue weighted by Crippen LogP contribution is 2.24. The third-order valence-corrected chi connectivity index (χ3v) is 2.81. The van der Waals surface area contributed by atoms with Crippen molar-refractivity contribution in [2.75, 3.05) is 6.61 Å². The average Bonchev–Trinajstić information content (AvgIpc) is 2.38. The molecular formula is C16H22F2N2O. The maximum Gasteiger partial charge on any atom is 0.190 e. The lowest BCUT2D eigenvalue weighted by Crippen LogP contribution is -2.35. The van der Waals surface area contributed by atoms with Crippen LogP contribution < -0.4 is 10.1 Å². The second-order valence-corrected chi connectivity index (χ2v) is 5.96. The molecule has 0 heterocycles. The van der Waals surface area contributed by atoms with Gasteiger partial charge in [-0.25, -0.2) is 8.78 Å². The van der Waals surface area contributed by atoms with Crippen molar-refractivity contribution in [3.05, 3.63) is 29.3 Å². The highest BCUT2D eigenvalue weighted by atomic mass is 19.1. The van der Waals surface area contributed by atoms with Gasteiger partial charge in [0.25, 0.3) is 0 Å². The summed E-state index contributed by atoms with van der Waals surface area (Å²) in [6.45, 7) is 6.55. The van der Waals surface area contributed by atoms with Gasteiger partial charge < -0.3 is 10.1 Å². The molecule has 0 aliphatic rings. The molecule has 5 heteroatoms. The molecule has 0 spiro atoms. The van der Waals surface area contributed by atoms with E-state index in [-0.39, 0.29) is 17.9 Å². The number of ether oxygens (including phenoxy) is 1. The van der Waals surface area contributed by atoms with E-state index in [1.807, 2.05) is 26.8 Å². The van der Waals surface area contributed by atoms with E-state index < -0.39 is 11.6 Å². The largest absolute Gasteiger partial charge is 0.488 e. The van der Waals surface area contributed by atoms with Crippen LogP contribution in [0.5, 0.6) is 5.75 Å². The van der Waals surface area contributed by atoms with Crippen LogP contribution in [0.2, 0.25) is 0 Å². The zero-order chi connectivity index (χ0) is 15.9. The van der Waals surface area contributed by atoms with Crippen LogP contribution in [0.4, 0.5) is 8.78 Å². The minimum atomic E-state index is -0.694. The number of hydrogen-bond acceptors (Lipinski definition) is 3. The average molecular weight is 296 g/mol. The summed E-state index contributed by atoms with van der Waals surface area (Å²) in [4.78, 5) is 0. The standard InChI is InChI=1S/C16H22F2N2O/c1-16(2,3)20-11-12-9-13(17)15(14(18)10-12)21-8-6-4-5-7-19/h9-10,20H,4-6,8,11H2,1-3H3. The monoisotopic (exact) mass is 296 g/mol. The predicted molar refractivity (Wildman–Crippen MR) is 77.9 cm³/mol. The molecule has 0 amide bonds. The quantitative estimate of drug-likeness (QED) is 0.775. The lowest BCUT2D eigenvalue weighted by molar-refractivity contribution is 0.277. The number of unbranched alkanes of at least 4 members (excludes halogenated alkanes) is 2. The van der Waals surface area contributed by atoms with Crippen LogP contribution in [-0.2, 0) is 6.54 Å². The van der Waals surface area contributed by atoms with Crippen molar-refractivity contribution in [2.24, 2.45) is 0 Å². The van der Waals surface area contributed by atoms with Gasteiger partial charge in [-0.1, -0.05) is 0 Å². The molecular weight excluding hydrogens is 274 g/mol. The lowest BCUT2D eigenvalue weighted by atomic mass is 10.1. The Hall–Kier alpha value is -1.67. The number of halogens is 2. The van der Waals surface area contributed by atoms with Gasteiger partial charge in [0.1, 0.15) is 0 Å². The maximum absolute atomic E-state index is 13.9. The molecule has 0 aliphatic heterocycles. The maximum atomic E-state index is 13.9. The van der Waals surface area contributed by atoms with Crippen LogP contribution in [0.1, 0.15) is 45.6 Å². The molecule has 0 aliphatic carbocycles. The topological polar surface area (TPSA) is 45.0 Å². The summed E-state index contributed by atoms with van der Waals surface area (Å²) in [5.41, 5.74) is 0.417. The Morgan fingerprint density at radius 2 is 1.81 bits per heavy atom. The van der Waals surface area contributed by atoms with Gasteiger partial charge in [-0.2, -0.15) is 5.26 Å². The van der Waals surface area contributed by atoms with Crippen molar-refractivity contribution in [3.63, 3.8) is 0 Å². The molecule has 0 radical (unpaired) electrons. The molecule has 0 aromatic heterocycles. The SMILES string of the molecule is CC(C)(C)NCc1cc(F)c(OCCCCC#N)c(F)c1. The molecule has 21 heavy (non-hydrogen) atoms. The summed E-state index contributed by atoms with van der Waals surface area (Å²) in [7, 11) is 0. The van der Waals surface area contributed by atoms with Gasteiger partial charge in [0.15, 0.2) is 17.4 Å². The number of hydrogen-bond donors (Lipinski definition) is 1. The van der Waals surface area contributed by atoms with Gasteiger partial charge in [0.2, 0.25) is 0 Å². The number of nitriles is 1. The first kappa shape index (κ1) is 17.4. The first-order valence-electron chi connectivity index (χ1n) is 7.06. The fraction of sp³-hybridized carbons (Fsp3) is 0.562. The van der Waals surface area contributed by atoms with Crippen molar-refractivity contribution in [2.45, 2.75) is 52.1 Å². The predicted octanol–water partition coefficient (Wildman–Crippen LogP) is 3.93. The van der Waals surface area contributed by atoms with E-state index in [0.717, 1.165) is 0 Å². The lowest BCUT2D eigenvalue weighted by Gasteiger charge is -2.20. The molecule has 0 saturated carbocycles. The minimum absolute atomic E-state index is 0.122. The Morgan fingerprint density at radius 3 is 2.33 bits per heavy atom. The summed E-state index contributed by atoms with van der Waals surface area (Å²) in [5.74, 6) is -1.73. The van der Waals surface area contributed by atoms with Crippen LogP contribution in [0, 0.1) is 23.0 Å². The molecule has 0 fully saturated rings. The number of nitrogens with zero attached hydrogens (tertiary/aromatic N) is 1. The Labute approximate surface area is 124 Å². The van der Waals surface area contributed by atoms with Crippen molar-refractivity contribution in [1.82, 2.24) is 5.32 Å². The van der Waals surface area contributed by atoms with Gasteiger partial charge in [-0.15, -0.1) is 0 Å². The van der Waals surface area contributed by atoms with E-state index in [2.05, 4.69) is 5.32 Å². The molecule has 0 unspecified atom stereocenters. The first-order valence-corrected chi connectivity index (χ1v) is 7.06. The van der Waals surface area contributed by atoms with Crippen LogP contribution in [0.25, 0.3) is 0 Å². The zero-order valence-corrected chi connectivity index (χ0v) is 12.8. The summed E-state index contributed by atoms with van der Waals surface area (Å²) < 4.78 is 32.9. The van der Waals surface area contributed by atoms with Crippen LogP contribution >= 0.6 is 0 Å².